The van der Waals surface area contributed by atoms with Crippen molar-refractivity contribution < 1.29 is 19.5 Å². The van der Waals surface area contributed by atoms with Gasteiger partial charge in [0.25, 0.3) is 0 Å². The van der Waals surface area contributed by atoms with Gasteiger partial charge in [-0.3, -0.25) is 14.6 Å². The first-order valence-electron chi connectivity index (χ1n) is 12.9. The van der Waals surface area contributed by atoms with Gasteiger partial charge in [-0.2, -0.15) is 0 Å². The Kier molecular flexibility index (Phi) is 4.98. The number of hydrogen-bond acceptors (Lipinski definition) is 4. The highest BCUT2D eigenvalue weighted by atomic mass is 16.4. The van der Waals surface area contributed by atoms with Gasteiger partial charge >= 0.3 is 5.97 Å². The van der Waals surface area contributed by atoms with Crippen LogP contribution < -0.4 is 4.90 Å². The molecule has 1 heterocycles. The second-order valence-electron chi connectivity index (χ2n) is 10.5. The van der Waals surface area contributed by atoms with E-state index in [1.807, 2.05) is 79.7 Å². The second kappa shape index (κ2) is 8.33. The average molecular weight is 513 g/mol. The summed E-state index contributed by atoms with van der Waals surface area (Å²) in [6, 6.07) is 29.9. The molecular formula is C33H24N2O4. The van der Waals surface area contributed by atoms with E-state index >= 15 is 0 Å². The number of aliphatic imine (C=N–C) groups is 1. The lowest BCUT2D eigenvalue weighted by Gasteiger charge is -2.52. The molecule has 3 aliphatic carbocycles. The smallest absolute Gasteiger partial charge is 0.335 e. The molecule has 190 valence electrons. The third-order valence-electron chi connectivity index (χ3n) is 8.49. The fourth-order valence-corrected chi connectivity index (χ4v) is 6.89. The lowest BCUT2D eigenvalue weighted by molar-refractivity contribution is -0.122. The van der Waals surface area contributed by atoms with Crippen molar-refractivity contribution in [3.05, 3.63) is 130 Å². The fraction of sp³-hybridized carbons (Fsp3) is 0.152. The van der Waals surface area contributed by atoms with Crippen LogP contribution in [-0.2, 0) is 15.0 Å². The first-order chi connectivity index (χ1) is 18.9. The number of anilines is 1. The average Bonchev–Trinajstić information content (AvgIpc) is 3.23. The minimum atomic E-state index is -1.04. The molecule has 0 saturated carbocycles. The van der Waals surface area contributed by atoms with Crippen LogP contribution >= 0.6 is 0 Å². The van der Waals surface area contributed by atoms with Crippen LogP contribution in [0, 0.1) is 18.8 Å². The molecule has 1 N–H and O–H groups in total. The summed E-state index contributed by atoms with van der Waals surface area (Å²) in [5.74, 6) is -3.00. The fourth-order valence-electron chi connectivity index (χ4n) is 6.89. The molecule has 0 radical (unpaired) electrons. The predicted octanol–water partition coefficient (Wildman–Crippen LogP) is 5.65. The van der Waals surface area contributed by atoms with E-state index < -0.39 is 23.2 Å². The maximum Gasteiger partial charge on any atom is 0.335 e. The summed E-state index contributed by atoms with van der Waals surface area (Å²) in [7, 11) is 0. The Labute approximate surface area is 225 Å². The van der Waals surface area contributed by atoms with Crippen LogP contribution in [0.5, 0.6) is 0 Å². The lowest BCUT2D eigenvalue weighted by atomic mass is 9.47. The number of nitrogens with zero attached hydrogens (tertiary/aromatic N) is 2. The number of aryl methyl sites for hydroxylation is 1. The summed E-state index contributed by atoms with van der Waals surface area (Å²) < 4.78 is 0. The number of imide groups is 1. The minimum Gasteiger partial charge on any atom is -0.478 e. The van der Waals surface area contributed by atoms with Crippen LogP contribution in [0.4, 0.5) is 11.4 Å². The molecule has 6 heteroatoms. The number of rotatable bonds is 4. The van der Waals surface area contributed by atoms with Gasteiger partial charge < -0.3 is 5.11 Å². The standard InChI is InChI=1S/C33H24N2O4/c1-19-13-15-22(16-14-19)35-30(36)28-27-23-9-2-4-11-25(23)33(29(28)31(35)37,26-12-5-3-10-24(26)27)18-34-21-8-6-7-20(17-21)32(38)39/h2-18,27-29H,1H3,(H,38,39). The monoisotopic (exact) mass is 512 g/mol. The third kappa shape index (κ3) is 3.15. The van der Waals surface area contributed by atoms with Crippen molar-refractivity contribution in [1.82, 2.24) is 0 Å². The zero-order valence-corrected chi connectivity index (χ0v) is 21.1. The zero-order chi connectivity index (χ0) is 26.9. The van der Waals surface area contributed by atoms with Gasteiger partial charge in [0.05, 0.1) is 34.2 Å². The Hall–Kier alpha value is -4.84. The van der Waals surface area contributed by atoms with Gasteiger partial charge in [-0.1, -0.05) is 72.3 Å². The van der Waals surface area contributed by atoms with E-state index in [1.165, 1.54) is 17.0 Å². The molecule has 4 aromatic rings. The molecule has 4 aliphatic rings. The molecule has 2 bridgehead atoms. The molecule has 2 atom stereocenters. The number of carbonyl (C=O) groups excluding carboxylic acids is 2. The van der Waals surface area contributed by atoms with Gasteiger partial charge in [0.2, 0.25) is 11.8 Å². The number of carboxylic acid groups (broad SMARTS) is 1. The molecule has 6 nitrogen and oxygen atoms in total. The summed E-state index contributed by atoms with van der Waals surface area (Å²) >= 11 is 0. The number of carboxylic acids is 1. The van der Waals surface area contributed by atoms with Crippen molar-refractivity contribution in [3.63, 3.8) is 0 Å². The molecule has 8 rings (SSSR count). The molecule has 0 spiro atoms. The van der Waals surface area contributed by atoms with Crippen LogP contribution in [0.15, 0.2) is 102 Å². The lowest BCUT2D eigenvalue weighted by Crippen LogP contribution is -2.54. The Morgan fingerprint density at radius 3 is 2.13 bits per heavy atom. The highest BCUT2D eigenvalue weighted by molar-refractivity contribution is 6.25. The quantitative estimate of drug-likeness (QED) is 0.283. The molecule has 1 fully saturated rings. The van der Waals surface area contributed by atoms with E-state index in [0.29, 0.717) is 11.4 Å². The van der Waals surface area contributed by atoms with Gasteiger partial charge in [0.1, 0.15) is 0 Å². The van der Waals surface area contributed by atoms with Crippen molar-refractivity contribution in [2.75, 3.05) is 4.90 Å². The Morgan fingerprint density at radius 1 is 0.846 bits per heavy atom. The third-order valence-corrected chi connectivity index (χ3v) is 8.49. The van der Waals surface area contributed by atoms with Crippen molar-refractivity contribution in [1.29, 1.82) is 0 Å². The van der Waals surface area contributed by atoms with E-state index in [1.54, 1.807) is 18.3 Å². The van der Waals surface area contributed by atoms with Gasteiger partial charge in [0.15, 0.2) is 0 Å². The molecule has 1 saturated heterocycles. The molecule has 2 unspecified atom stereocenters. The van der Waals surface area contributed by atoms with E-state index in [4.69, 9.17) is 4.99 Å². The van der Waals surface area contributed by atoms with E-state index in [9.17, 15) is 19.5 Å². The second-order valence-corrected chi connectivity index (χ2v) is 10.5. The Morgan fingerprint density at radius 2 is 1.49 bits per heavy atom. The van der Waals surface area contributed by atoms with E-state index in [-0.39, 0.29) is 23.3 Å². The molecule has 2 amide bonds. The maximum atomic E-state index is 14.4. The number of benzene rings is 4. The predicted molar refractivity (Wildman–Crippen MR) is 148 cm³/mol. The van der Waals surface area contributed by atoms with E-state index in [2.05, 4.69) is 0 Å². The maximum absolute atomic E-state index is 14.4. The van der Waals surface area contributed by atoms with Crippen LogP contribution in [0.1, 0.15) is 44.1 Å². The number of aromatic carboxylic acids is 1. The summed E-state index contributed by atoms with van der Waals surface area (Å²) in [4.78, 5) is 46.3. The SMILES string of the molecule is Cc1ccc(N2C(=O)C3C4c5ccccc5C(C=Nc5cccc(C(=O)O)c5)(c5ccccc54)C3C2=O)cc1. The van der Waals surface area contributed by atoms with Gasteiger partial charge in [0, 0.05) is 12.1 Å². The van der Waals surface area contributed by atoms with Crippen LogP contribution in [0.25, 0.3) is 0 Å². The first kappa shape index (κ1) is 23.3. The number of carbonyl (C=O) groups is 3. The largest absolute Gasteiger partial charge is 0.478 e. The first-order valence-corrected chi connectivity index (χ1v) is 12.9. The summed E-state index contributed by atoms with van der Waals surface area (Å²) in [5.41, 5.74) is 5.17. The molecular weight excluding hydrogens is 488 g/mol. The summed E-state index contributed by atoms with van der Waals surface area (Å²) in [6.45, 7) is 1.97. The Bertz CT molecular complexity index is 1670. The van der Waals surface area contributed by atoms with Crippen LogP contribution in [0.2, 0.25) is 0 Å². The molecule has 4 aromatic carbocycles. The molecule has 0 aromatic heterocycles. The summed E-state index contributed by atoms with van der Waals surface area (Å²) in [6.07, 6.45) is 1.78. The zero-order valence-electron chi connectivity index (χ0n) is 21.1. The number of amides is 2. The minimum absolute atomic E-state index is 0.130. The highest BCUT2D eigenvalue weighted by Gasteiger charge is 2.67. The normalized spacial score (nSPS) is 24.5. The molecule has 39 heavy (non-hydrogen) atoms. The topological polar surface area (TPSA) is 87.0 Å². The van der Waals surface area contributed by atoms with Gasteiger partial charge in [-0.15, -0.1) is 0 Å². The Balaban J connectivity index is 1.48. The summed E-state index contributed by atoms with van der Waals surface area (Å²) in [5, 5.41) is 9.49. The van der Waals surface area contributed by atoms with Crippen molar-refractivity contribution in [3.8, 4) is 0 Å². The van der Waals surface area contributed by atoms with Gasteiger partial charge in [-0.05, 0) is 59.5 Å². The van der Waals surface area contributed by atoms with E-state index in [0.717, 1.165) is 27.8 Å². The van der Waals surface area contributed by atoms with Gasteiger partial charge in [-0.25, -0.2) is 9.69 Å². The van der Waals surface area contributed by atoms with Crippen molar-refractivity contribution in [2.24, 2.45) is 16.8 Å². The van der Waals surface area contributed by atoms with Crippen LogP contribution in [0.3, 0.4) is 0 Å². The van der Waals surface area contributed by atoms with Crippen molar-refractivity contribution >= 4 is 35.4 Å². The van der Waals surface area contributed by atoms with Crippen molar-refractivity contribution in [2.45, 2.75) is 18.3 Å². The number of hydrogen-bond donors (Lipinski definition) is 1. The highest BCUT2D eigenvalue weighted by Crippen LogP contribution is 2.63. The van der Waals surface area contributed by atoms with Crippen LogP contribution in [-0.4, -0.2) is 29.1 Å². The molecule has 1 aliphatic heterocycles.